The number of nitrogens with zero attached hydrogens (tertiary/aromatic N) is 1. The number of hydrogen-bond donors (Lipinski definition) is 1. The second kappa shape index (κ2) is 6.29. The largest absolute Gasteiger partial charge is 0.481 e. The van der Waals surface area contributed by atoms with Crippen LogP contribution in [0, 0.1) is 5.41 Å². The lowest BCUT2D eigenvalue weighted by molar-refractivity contribution is -0.152. The molecule has 1 fully saturated rings. The minimum absolute atomic E-state index is 0.361. The van der Waals surface area contributed by atoms with Gasteiger partial charge in [-0.2, -0.15) is 0 Å². The molecule has 0 spiro atoms. The molecule has 5 nitrogen and oxygen atoms in total. The van der Waals surface area contributed by atoms with Crippen molar-refractivity contribution in [3.8, 4) is 0 Å². The molecule has 0 bridgehead atoms. The lowest BCUT2D eigenvalue weighted by Gasteiger charge is -2.39. The second-order valence-corrected chi connectivity index (χ2v) is 6.38. The van der Waals surface area contributed by atoms with Gasteiger partial charge in [0, 0.05) is 13.1 Å². The van der Waals surface area contributed by atoms with Crippen LogP contribution in [-0.4, -0.2) is 40.8 Å². The summed E-state index contributed by atoms with van der Waals surface area (Å²) in [6, 6.07) is 0. The lowest BCUT2D eigenvalue weighted by atomic mass is 9.75. The molecule has 0 aromatic rings. The van der Waals surface area contributed by atoms with Gasteiger partial charge in [-0.3, -0.25) is 4.79 Å². The summed E-state index contributed by atoms with van der Waals surface area (Å²) in [5.41, 5.74) is -1.26. The molecule has 0 atom stereocenters. The van der Waals surface area contributed by atoms with Crippen molar-refractivity contribution in [2.75, 3.05) is 13.1 Å². The van der Waals surface area contributed by atoms with Crippen LogP contribution in [0.1, 0.15) is 46.5 Å². The SMILES string of the molecule is C=CCCC1(C(=O)O)CCN(C(=O)OC(C)(C)C)CC1. The number of amides is 1. The highest BCUT2D eigenvalue weighted by Gasteiger charge is 2.42. The van der Waals surface area contributed by atoms with Gasteiger partial charge in [-0.15, -0.1) is 6.58 Å². The van der Waals surface area contributed by atoms with Gasteiger partial charge in [0.05, 0.1) is 5.41 Å². The van der Waals surface area contributed by atoms with Crippen molar-refractivity contribution in [1.29, 1.82) is 0 Å². The number of rotatable bonds is 4. The van der Waals surface area contributed by atoms with Crippen molar-refractivity contribution in [2.45, 2.75) is 52.1 Å². The summed E-state index contributed by atoms with van der Waals surface area (Å²) in [4.78, 5) is 25.1. The number of carboxylic acid groups (broad SMARTS) is 1. The van der Waals surface area contributed by atoms with Crippen LogP contribution >= 0.6 is 0 Å². The predicted octanol–water partition coefficient (Wildman–Crippen LogP) is 3.05. The third-order valence-electron chi connectivity index (χ3n) is 3.65. The molecule has 1 aliphatic heterocycles. The molecule has 0 aliphatic carbocycles. The van der Waals surface area contributed by atoms with Gasteiger partial charge >= 0.3 is 12.1 Å². The summed E-state index contributed by atoms with van der Waals surface area (Å²) in [5.74, 6) is -0.775. The number of ether oxygens (including phenoxy) is 1. The number of allylic oxidation sites excluding steroid dienone is 1. The molecule has 0 saturated carbocycles. The number of likely N-dealkylation sites (tertiary alicyclic amines) is 1. The van der Waals surface area contributed by atoms with Crippen LogP contribution in [0.2, 0.25) is 0 Å². The molecule has 1 amide bonds. The van der Waals surface area contributed by atoms with Crippen LogP contribution in [0.25, 0.3) is 0 Å². The molecule has 1 aliphatic rings. The van der Waals surface area contributed by atoms with Crippen LogP contribution in [0.3, 0.4) is 0 Å². The topological polar surface area (TPSA) is 66.8 Å². The van der Waals surface area contributed by atoms with Crippen LogP contribution in [0.15, 0.2) is 12.7 Å². The van der Waals surface area contributed by atoms with Crippen LogP contribution < -0.4 is 0 Å². The van der Waals surface area contributed by atoms with Gasteiger partial charge in [0.2, 0.25) is 0 Å². The maximum Gasteiger partial charge on any atom is 0.410 e. The third-order valence-corrected chi connectivity index (χ3v) is 3.65. The second-order valence-electron chi connectivity index (χ2n) is 6.38. The Kier molecular flexibility index (Phi) is 5.20. The number of aliphatic carboxylic acids is 1. The Labute approximate surface area is 120 Å². The zero-order valence-electron chi connectivity index (χ0n) is 12.6. The lowest BCUT2D eigenvalue weighted by Crippen LogP contribution is -2.47. The third kappa shape index (κ3) is 4.25. The van der Waals surface area contributed by atoms with E-state index in [1.165, 1.54) is 0 Å². The minimum atomic E-state index is -0.775. The number of piperidine rings is 1. The van der Waals surface area contributed by atoms with Crippen molar-refractivity contribution < 1.29 is 19.4 Å². The fourth-order valence-electron chi connectivity index (χ4n) is 2.39. The molecule has 1 saturated heterocycles. The van der Waals surface area contributed by atoms with E-state index in [0.717, 1.165) is 0 Å². The number of hydrogen-bond acceptors (Lipinski definition) is 3. The Morgan fingerprint density at radius 3 is 2.30 bits per heavy atom. The molecule has 20 heavy (non-hydrogen) atoms. The quantitative estimate of drug-likeness (QED) is 0.805. The zero-order chi connectivity index (χ0) is 15.4. The first-order valence-electron chi connectivity index (χ1n) is 7.02. The highest BCUT2D eigenvalue weighted by Crippen LogP contribution is 2.37. The fraction of sp³-hybridized carbons (Fsp3) is 0.733. The monoisotopic (exact) mass is 283 g/mol. The summed E-state index contributed by atoms with van der Waals surface area (Å²) in [5, 5.41) is 9.46. The van der Waals surface area contributed by atoms with E-state index in [1.807, 2.05) is 20.8 Å². The van der Waals surface area contributed by atoms with E-state index in [0.29, 0.717) is 38.8 Å². The molecule has 0 aromatic heterocycles. The first-order valence-corrected chi connectivity index (χ1v) is 7.02. The Morgan fingerprint density at radius 1 is 1.35 bits per heavy atom. The Balaban J connectivity index is 2.62. The number of carbonyl (C=O) groups is 2. The highest BCUT2D eigenvalue weighted by atomic mass is 16.6. The first kappa shape index (κ1) is 16.5. The maximum atomic E-state index is 11.9. The Bertz CT molecular complexity index is 376. The molecule has 114 valence electrons. The predicted molar refractivity (Wildman–Crippen MR) is 76.5 cm³/mol. The minimum Gasteiger partial charge on any atom is -0.481 e. The summed E-state index contributed by atoms with van der Waals surface area (Å²) >= 11 is 0. The van der Waals surface area contributed by atoms with Crippen molar-refractivity contribution in [3.05, 3.63) is 12.7 Å². The summed E-state index contributed by atoms with van der Waals surface area (Å²) < 4.78 is 5.31. The summed E-state index contributed by atoms with van der Waals surface area (Å²) in [7, 11) is 0. The fourth-order valence-corrected chi connectivity index (χ4v) is 2.39. The molecule has 1 N–H and O–H groups in total. The van der Waals surface area contributed by atoms with Crippen molar-refractivity contribution in [3.63, 3.8) is 0 Å². The van der Waals surface area contributed by atoms with Gasteiger partial charge in [-0.25, -0.2) is 4.79 Å². The van der Waals surface area contributed by atoms with Crippen molar-refractivity contribution in [1.82, 2.24) is 4.90 Å². The van der Waals surface area contributed by atoms with Gasteiger partial charge in [0.25, 0.3) is 0 Å². The van der Waals surface area contributed by atoms with E-state index >= 15 is 0 Å². The molecule has 0 unspecified atom stereocenters. The van der Waals surface area contributed by atoms with Crippen LogP contribution in [0.4, 0.5) is 4.79 Å². The Hall–Kier alpha value is -1.52. The van der Waals surface area contributed by atoms with Gasteiger partial charge in [0.1, 0.15) is 5.60 Å². The van der Waals surface area contributed by atoms with E-state index in [4.69, 9.17) is 4.74 Å². The molecule has 0 aromatic carbocycles. The highest BCUT2D eigenvalue weighted by molar-refractivity contribution is 5.75. The van der Waals surface area contributed by atoms with Crippen molar-refractivity contribution >= 4 is 12.1 Å². The molecule has 0 radical (unpaired) electrons. The number of carbonyl (C=O) groups excluding carboxylic acids is 1. The Morgan fingerprint density at radius 2 is 1.90 bits per heavy atom. The molecule has 1 rings (SSSR count). The standard InChI is InChI=1S/C15H25NO4/c1-5-6-7-15(12(17)18)8-10-16(11-9-15)13(19)20-14(2,3)4/h5H,1,6-11H2,2-4H3,(H,17,18). The first-order chi connectivity index (χ1) is 9.20. The summed E-state index contributed by atoms with van der Waals surface area (Å²) in [6.07, 6.45) is 3.57. The molecule has 1 heterocycles. The van der Waals surface area contributed by atoms with E-state index < -0.39 is 17.0 Å². The molecular weight excluding hydrogens is 258 g/mol. The van der Waals surface area contributed by atoms with Gasteiger partial charge in [0.15, 0.2) is 0 Å². The van der Waals surface area contributed by atoms with Gasteiger partial charge in [-0.05, 0) is 46.5 Å². The van der Waals surface area contributed by atoms with E-state index in [9.17, 15) is 14.7 Å². The van der Waals surface area contributed by atoms with E-state index in [2.05, 4.69) is 6.58 Å². The van der Waals surface area contributed by atoms with Crippen LogP contribution in [-0.2, 0) is 9.53 Å². The van der Waals surface area contributed by atoms with Gasteiger partial charge < -0.3 is 14.7 Å². The average Bonchev–Trinajstić information content (AvgIpc) is 2.34. The molecule has 5 heteroatoms. The van der Waals surface area contributed by atoms with Gasteiger partial charge in [-0.1, -0.05) is 6.08 Å². The van der Waals surface area contributed by atoms with Crippen molar-refractivity contribution in [2.24, 2.45) is 5.41 Å². The molecular formula is C15H25NO4. The normalized spacial score (nSPS) is 18.4. The number of carboxylic acids is 1. The maximum absolute atomic E-state index is 11.9. The zero-order valence-corrected chi connectivity index (χ0v) is 12.6. The van der Waals surface area contributed by atoms with E-state index in [1.54, 1.807) is 11.0 Å². The van der Waals surface area contributed by atoms with Crippen LogP contribution in [0.5, 0.6) is 0 Å². The van der Waals surface area contributed by atoms with E-state index in [-0.39, 0.29) is 6.09 Å². The average molecular weight is 283 g/mol. The summed E-state index contributed by atoms with van der Waals surface area (Å²) in [6.45, 7) is 9.96. The smallest absolute Gasteiger partial charge is 0.410 e.